The molecule has 2 rings (SSSR count). The van der Waals surface area contributed by atoms with Crippen LogP contribution in [0.4, 0.5) is 13.2 Å². The first-order valence-electron chi connectivity index (χ1n) is 5.00. The van der Waals surface area contributed by atoms with Crippen LogP contribution in [0.2, 0.25) is 0 Å². The molecule has 0 radical (unpaired) electrons. The molecule has 0 fully saturated rings. The minimum Gasteiger partial charge on any atom is -0.453 e. The zero-order valence-corrected chi connectivity index (χ0v) is 9.38. The van der Waals surface area contributed by atoms with Crippen LogP contribution in [0.25, 0.3) is 11.3 Å². The molecule has 0 spiro atoms. The second kappa shape index (κ2) is 4.56. The lowest BCUT2D eigenvalue weighted by molar-refractivity contribution is 0.447. The van der Waals surface area contributed by atoms with Crippen molar-refractivity contribution in [3.05, 3.63) is 47.5 Å². The average Bonchev–Trinajstić information content (AvgIpc) is 2.84. The van der Waals surface area contributed by atoms with Gasteiger partial charge in [-0.2, -0.15) is 0 Å². The molecule has 1 heterocycles. The number of halogens is 3. The molecule has 1 aromatic carbocycles. The Labute approximate surface area is 101 Å². The lowest BCUT2D eigenvalue weighted by Crippen LogP contribution is -2.11. The SMILES string of the molecule is CN=C(N)c1ccc(-c2cc(F)c(F)c(F)c2)o1. The van der Waals surface area contributed by atoms with Crippen molar-refractivity contribution in [1.82, 2.24) is 0 Å². The molecule has 94 valence electrons. The summed E-state index contributed by atoms with van der Waals surface area (Å²) in [5.41, 5.74) is 5.60. The number of hydrogen-bond donors (Lipinski definition) is 1. The predicted octanol–water partition coefficient (Wildman–Crippen LogP) is 2.70. The zero-order chi connectivity index (χ0) is 13.3. The normalized spacial score (nSPS) is 11.9. The number of hydrogen-bond acceptors (Lipinski definition) is 2. The van der Waals surface area contributed by atoms with E-state index in [9.17, 15) is 13.2 Å². The van der Waals surface area contributed by atoms with Gasteiger partial charge in [0.15, 0.2) is 29.0 Å². The van der Waals surface area contributed by atoms with Crippen LogP contribution in [0.3, 0.4) is 0 Å². The number of furan rings is 1. The standard InChI is InChI=1S/C12H9F3N2O/c1-17-12(16)10-3-2-9(18-10)6-4-7(13)11(15)8(14)5-6/h2-5H,1H3,(H2,16,17). The van der Waals surface area contributed by atoms with Gasteiger partial charge in [0.05, 0.1) is 0 Å². The van der Waals surface area contributed by atoms with Crippen molar-refractivity contribution in [3.63, 3.8) is 0 Å². The van der Waals surface area contributed by atoms with Gasteiger partial charge in [0.1, 0.15) is 5.76 Å². The Morgan fingerprint density at radius 3 is 2.33 bits per heavy atom. The van der Waals surface area contributed by atoms with Crippen LogP contribution in [0, 0.1) is 17.5 Å². The smallest absolute Gasteiger partial charge is 0.194 e. The molecule has 0 atom stereocenters. The van der Waals surface area contributed by atoms with Gasteiger partial charge in [-0.3, -0.25) is 4.99 Å². The topological polar surface area (TPSA) is 51.5 Å². The first kappa shape index (κ1) is 12.2. The molecule has 0 amide bonds. The molecular formula is C12H9F3N2O. The Bertz CT molecular complexity index is 597. The third-order valence-corrected chi connectivity index (χ3v) is 2.37. The maximum Gasteiger partial charge on any atom is 0.194 e. The number of rotatable bonds is 2. The number of amidine groups is 1. The van der Waals surface area contributed by atoms with Gasteiger partial charge in [0, 0.05) is 12.6 Å². The molecule has 6 heteroatoms. The molecule has 0 aliphatic rings. The largest absolute Gasteiger partial charge is 0.453 e. The van der Waals surface area contributed by atoms with Crippen LogP contribution < -0.4 is 5.73 Å². The second-order valence-corrected chi connectivity index (χ2v) is 3.53. The Hall–Kier alpha value is -2.24. The molecule has 2 aromatic rings. The van der Waals surface area contributed by atoms with Crippen molar-refractivity contribution in [2.75, 3.05) is 7.05 Å². The highest BCUT2D eigenvalue weighted by molar-refractivity contribution is 5.95. The third-order valence-electron chi connectivity index (χ3n) is 2.37. The van der Waals surface area contributed by atoms with E-state index in [0.29, 0.717) is 0 Å². The molecule has 0 bridgehead atoms. The van der Waals surface area contributed by atoms with Crippen molar-refractivity contribution in [1.29, 1.82) is 0 Å². The molecule has 2 N–H and O–H groups in total. The summed E-state index contributed by atoms with van der Waals surface area (Å²) >= 11 is 0. The minimum absolute atomic E-state index is 0.0848. The van der Waals surface area contributed by atoms with E-state index < -0.39 is 17.5 Å². The van der Waals surface area contributed by atoms with Gasteiger partial charge in [0.25, 0.3) is 0 Å². The van der Waals surface area contributed by atoms with Crippen LogP contribution in [-0.4, -0.2) is 12.9 Å². The number of aliphatic imine (C=N–C) groups is 1. The minimum atomic E-state index is -1.51. The molecule has 0 unspecified atom stereocenters. The van der Waals surface area contributed by atoms with Crippen LogP contribution in [0.1, 0.15) is 5.76 Å². The third kappa shape index (κ3) is 2.09. The van der Waals surface area contributed by atoms with E-state index in [1.165, 1.54) is 19.2 Å². The van der Waals surface area contributed by atoms with Crippen molar-refractivity contribution >= 4 is 5.84 Å². The molecule has 0 aliphatic carbocycles. The van der Waals surface area contributed by atoms with E-state index in [0.717, 1.165) is 12.1 Å². The van der Waals surface area contributed by atoms with Crippen molar-refractivity contribution in [2.24, 2.45) is 10.7 Å². The molecular weight excluding hydrogens is 245 g/mol. The zero-order valence-electron chi connectivity index (χ0n) is 9.38. The molecule has 1 aromatic heterocycles. The van der Waals surface area contributed by atoms with Crippen molar-refractivity contribution in [3.8, 4) is 11.3 Å². The Morgan fingerprint density at radius 1 is 1.17 bits per heavy atom. The monoisotopic (exact) mass is 254 g/mol. The Kier molecular flexibility index (Phi) is 3.10. The summed E-state index contributed by atoms with van der Waals surface area (Å²) < 4.78 is 44.2. The number of nitrogens with zero attached hydrogens (tertiary/aromatic N) is 1. The van der Waals surface area contributed by atoms with E-state index in [1.807, 2.05) is 0 Å². The molecule has 0 saturated heterocycles. The van der Waals surface area contributed by atoms with Crippen molar-refractivity contribution < 1.29 is 17.6 Å². The Balaban J connectivity index is 2.47. The van der Waals surface area contributed by atoms with E-state index >= 15 is 0 Å². The van der Waals surface area contributed by atoms with E-state index in [4.69, 9.17) is 10.2 Å². The van der Waals surface area contributed by atoms with Gasteiger partial charge in [0.2, 0.25) is 0 Å². The predicted molar refractivity (Wildman–Crippen MR) is 60.7 cm³/mol. The van der Waals surface area contributed by atoms with Gasteiger partial charge in [-0.05, 0) is 24.3 Å². The fourth-order valence-corrected chi connectivity index (χ4v) is 1.44. The summed E-state index contributed by atoms with van der Waals surface area (Å²) in [5, 5.41) is 0. The number of nitrogens with two attached hydrogens (primary N) is 1. The number of benzene rings is 1. The van der Waals surface area contributed by atoms with Crippen molar-refractivity contribution in [2.45, 2.75) is 0 Å². The summed E-state index contributed by atoms with van der Waals surface area (Å²) in [6.45, 7) is 0. The van der Waals surface area contributed by atoms with Gasteiger partial charge in [-0.1, -0.05) is 0 Å². The molecule has 0 saturated carbocycles. The van der Waals surface area contributed by atoms with Crippen LogP contribution in [0.15, 0.2) is 33.7 Å². The maximum absolute atomic E-state index is 13.1. The Morgan fingerprint density at radius 2 is 1.78 bits per heavy atom. The lowest BCUT2D eigenvalue weighted by Gasteiger charge is -2.00. The fraction of sp³-hybridized carbons (Fsp3) is 0.0833. The summed E-state index contributed by atoms with van der Waals surface area (Å²) in [4.78, 5) is 3.71. The highest BCUT2D eigenvalue weighted by Gasteiger charge is 2.14. The molecule has 3 nitrogen and oxygen atoms in total. The van der Waals surface area contributed by atoms with Crippen LogP contribution in [0.5, 0.6) is 0 Å². The summed E-state index contributed by atoms with van der Waals surface area (Å²) in [6.07, 6.45) is 0. The average molecular weight is 254 g/mol. The summed E-state index contributed by atoms with van der Waals surface area (Å²) in [5.74, 6) is -3.46. The molecule has 18 heavy (non-hydrogen) atoms. The first-order chi connectivity index (χ1) is 8.52. The summed E-state index contributed by atoms with van der Waals surface area (Å²) in [7, 11) is 1.48. The van der Waals surface area contributed by atoms with E-state index in [1.54, 1.807) is 0 Å². The van der Waals surface area contributed by atoms with Gasteiger partial charge in [-0.15, -0.1) is 0 Å². The van der Waals surface area contributed by atoms with Gasteiger partial charge >= 0.3 is 0 Å². The van der Waals surface area contributed by atoms with Crippen LogP contribution in [-0.2, 0) is 0 Å². The van der Waals surface area contributed by atoms with E-state index in [2.05, 4.69) is 4.99 Å². The van der Waals surface area contributed by atoms with Gasteiger partial charge < -0.3 is 10.2 Å². The first-order valence-corrected chi connectivity index (χ1v) is 5.00. The van der Waals surface area contributed by atoms with Gasteiger partial charge in [-0.25, -0.2) is 13.2 Å². The maximum atomic E-state index is 13.1. The van der Waals surface area contributed by atoms with Crippen LogP contribution >= 0.6 is 0 Å². The van der Waals surface area contributed by atoms with E-state index in [-0.39, 0.29) is 22.9 Å². The highest BCUT2D eigenvalue weighted by atomic mass is 19.2. The summed E-state index contributed by atoms with van der Waals surface area (Å²) in [6, 6.07) is 4.68. The lowest BCUT2D eigenvalue weighted by atomic mass is 10.1. The fourth-order valence-electron chi connectivity index (χ4n) is 1.44. The molecule has 0 aliphatic heterocycles. The second-order valence-electron chi connectivity index (χ2n) is 3.53. The quantitative estimate of drug-likeness (QED) is 0.509. The highest BCUT2D eigenvalue weighted by Crippen LogP contribution is 2.25.